The van der Waals surface area contributed by atoms with E-state index in [1.54, 1.807) is 18.2 Å². The zero-order valence-electron chi connectivity index (χ0n) is 9.83. The summed E-state index contributed by atoms with van der Waals surface area (Å²) >= 11 is 24.4. The Kier molecular flexibility index (Phi) is 4.76. The maximum absolute atomic E-state index is 10.9. The molecule has 0 amide bonds. The van der Waals surface area contributed by atoms with Gasteiger partial charge in [-0.05, 0) is 23.8 Å². The number of carbonyl (C=O) groups is 1. The van der Waals surface area contributed by atoms with E-state index in [1.165, 1.54) is 6.20 Å². The van der Waals surface area contributed by atoms with Gasteiger partial charge in [0, 0.05) is 17.3 Å². The lowest BCUT2D eigenvalue weighted by molar-refractivity contribution is -0.136. The van der Waals surface area contributed by atoms with E-state index in [9.17, 15) is 4.79 Å². The third-order valence-corrected chi connectivity index (χ3v) is 4.03. The second kappa shape index (κ2) is 6.19. The number of nitrogens with zero attached hydrogens (tertiary/aromatic N) is 1. The lowest BCUT2D eigenvalue weighted by Crippen LogP contribution is -2.03. The van der Waals surface area contributed by atoms with E-state index in [-0.39, 0.29) is 16.6 Å². The van der Waals surface area contributed by atoms with Gasteiger partial charge in [-0.25, -0.2) is 4.98 Å². The molecule has 20 heavy (non-hydrogen) atoms. The maximum Gasteiger partial charge on any atom is 0.307 e. The molecule has 0 spiro atoms. The monoisotopic (exact) mass is 349 g/mol. The molecule has 0 aliphatic rings. The SMILES string of the molecule is O=C(O)Cc1ccnc(Cl)c1-c1c(Cl)ccc(Cl)c1Cl. The molecule has 0 saturated carbocycles. The lowest BCUT2D eigenvalue weighted by atomic mass is 9.99. The molecule has 7 heteroatoms. The highest BCUT2D eigenvalue weighted by Gasteiger charge is 2.20. The van der Waals surface area contributed by atoms with Gasteiger partial charge < -0.3 is 5.11 Å². The van der Waals surface area contributed by atoms with Crippen molar-refractivity contribution in [3.8, 4) is 11.1 Å². The Bertz CT molecular complexity index is 688. The maximum atomic E-state index is 10.9. The van der Waals surface area contributed by atoms with E-state index in [0.29, 0.717) is 26.7 Å². The molecule has 2 aromatic rings. The predicted octanol–water partition coefficient (Wildman–Crippen LogP) is 4.99. The average Bonchev–Trinajstić information content (AvgIpc) is 2.37. The van der Waals surface area contributed by atoms with Crippen molar-refractivity contribution in [3.63, 3.8) is 0 Å². The van der Waals surface area contributed by atoms with E-state index in [2.05, 4.69) is 4.98 Å². The molecule has 0 bridgehead atoms. The molecule has 1 N–H and O–H groups in total. The van der Waals surface area contributed by atoms with Gasteiger partial charge in [0.1, 0.15) is 5.15 Å². The van der Waals surface area contributed by atoms with Crippen LogP contribution in [0.25, 0.3) is 11.1 Å². The summed E-state index contributed by atoms with van der Waals surface area (Å²) in [6.07, 6.45) is 1.20. The summed E-state index contributed by atoms with van der Waals surface area (Å²) in [5.74, 6) is -0.997. The van der Waals surface area contributed by atoms with Crippen molar-refractivity contribution >= 4 is 52.4 Å². The van der Waals surface area contributed by atoms with Crippen LogP contribution in [-0.4, -0.2) is 16.1 Å². The van der Waals surface area contributed by atoms with Crippen molar-refractivity contribution in [2.24, 2.45) is 0 Å². The van der Waals surface area contributed by atoms with Gasteiger partial charge in [0.15, 0.2) is 0 Å². The zero-order chi connectivity index (χ0) is 14.9. The highest BCUT2D eigenvalue weighted by atomic mass is 35.5. The summed E-state index contributed by atoms with van der Waals surface area (Å²) in [6, 6.07) is 4.68. The summed E-state index contributed by atoms with van der Waals surface area (Å²) in [4.78, 5) is 14.9. The topological polar surface area (TPSA) is 50.2 Å². The molecule has 104 valence electrons. The molecule has 3 nitrogen and oxygen atoms in total. The van der Waals surface area contributed by atoms with Crippen molar-refractivity contribution in [3.05, 3.63) is 50.2 Å². The molecule has 0 radical (unpaired) electrons. The standard InChI is InChI=1S/C13H7Cl4NO2/c14-7-1-2-8(15)12(16)11(7)10-6(5-9(19)20)3-4-18-13(10)17/h1-4H,5H2,(H,19,20). The van der Waals surface area contributed by atoms with Crippen molar-refractivity contribution in [1.82, 2.24) is 4.98 Å². The highest BCUT2D eigenvalue weighted by molar-refractivity contribution is 6.46. The Labute approximate surface area is 135 Å². The van der Waals surface area contributed by atoms with Crippen molar-refractivity contribution in [1.29, 1.82) is 0 Å². The van der Waals surface area contributed by atoms with Gasteiger partial charge in [-0.1, -0.05) is 46.4 Å². The first kappa shape index (κ1) is 15.4. The molecule has 2 rings (SSSR count). The lowest BCUT2D eigenvalue weighted by Gasteiger charge is -2.13. The van der Waals surface area contributed by atoms with Gasteiger partial charge in [0.25, 0.3) is 0 Å². The number of carboxylic acids is 1. The molecule has 0 aliphatic carbocycles. The number of carboxylic acid groups (broad SMARTS) is 1. The molecule has 0 unspecified atom stereocenters. The fourth-order valence-electron chi connectivity index (χ4n) is 1.80. The van der Waals surface area contributed by atoms with Crippen molar-refractivity contribution in [2.45, 2.75) is 6.42 Å². The van der Waals surface area contributed by atoms with Crippen LogP contribution in [0.1, 0.15) is 5.56 Å². The smallest absolute Gasteiger partial charge is 0.307 e. The number of aromatic nitrogens is 1. The minimum atomic E-state index is -0.997. The van der Waals surface area contributed by atoms with Crippen LogP contribution in [0.5, 0.6) is 0 Å². The minimum Gasteiger partial charge on any atom is -0.481 e. The summed E-state index contributed by atoms with van der Waals surface area (Å²) < 4.78 is 0. The van der Waals surface area contributed by atoms with Gasteiger partial charge in [-0.2, -0.15) is 0 Å². The number of halogens is 4. The molecule has 1 heterocycles. The molecule has 0 aliphatic heterocycles. The third kappa shape index (κ3) is 3.01. The van der Waals surface area contributed by atoms with Gasteiger partial charge in [-0.3, -0.25) is 4.79 Å². The molecule has 0 atom stereocenters. The number of hydrogen-bond acceptors (Lipinski definition) is 2. The number of aliphatic carboxylic acids is 1. The van der Waals surface area contributed by atoms with Crippen LogP contribution in [0.2, 0.25) is 20.2 Å². The van der Waals surface area contributed by atoms with Gasteiger partial charge in [-0.15, -0.1) is 0 Å². The van der Waals surface area contributed by atoms with Gasteiger partial charge in [0.05, 0.1) is 21.5 Å². The van der Waals surface area contributed by atoms with E-state index in [1.807, 2.05) is 0 Å². The first-order valence-electron chi connectivity index (χ1n) is 5.41. The quantitative estimate of drug-likeness (QED) is 0.626. The van der Waals surface area contributed by atoms with Gasteiger partial charge in [0.2, 0.25) is 0 Å². The van der Waals surface area contributed by atoms with E-state index in [0.717, 1.165) is 0 Å². The first-order valence-corrected chi connectivity index (χ1v) is 6.92. The zero-order valence-corrected chi connectivity index (χ0v) is 12.9. The third-order valence-electron chi connectivity index (χ3n) is 2.63. The molecular weight excluding hydrogens is 344 g/mol. The fraction of sp³-hybridized carbons (Fsp3) is 0.0769. The van der Waals surface area contributed by atoms with Crippen LogP contribution in [0, 0.1) is 0 Å². The average molecular weight is 351 g/mol. The minimum absolute atomic E-state index is 0.120. The summed E-state index contributed by atoms with van der Waals surface area (Å²) in [5.41, 5.74) is 1.23. The summed E-state index contributed by atoms with van der Waals surface area (Å²) in [6.45, 7) is 0. The van der Waals surface area contributed by atoms with Crippen LogP contribution >= 0.6 is 46.4 Å². The summed E-state index contributed by atoms with van der Waals surface area (Å²) in [7, 11) is 0. The van der Waals surface area contributed by atoms with Crippen molar-refractivity contribution in [2.75, 3.05) is 0 Å². The normalized spacial score (nSPS) is 10.6. The van der Waals surface area contributed by atoms with E-state index < -0.39 is 5.97 Å². The first-order chi connectivity index (χ1) is 9.41. The molecule has 1 aromatic carbocycles. The predicted molar refractivity (Wildman–Crippen MR) is 81.1 cm³/mol. The number of pyridine rings is 1. The number of hydrogen-bond donors (Lipinski definition) is 1. The number of rotatable bonds is 3. The van der Waals surface area contributed by atoms with E-state index >= 15 is 0 Å². The Morgan fingerprint density at radius 2 is 1.70 bits per heavy atom. The van der Waals surface area contributed by atoms with Crippen LogP contribution in [-0.2, 0) is 11.2 Å². The van der Waals surface area contributed by atoms with Gasteiger partial charge >= 0.3 is 5.97 Å². The van der Waals surface area contributed by atoms with Crippen LogP contribution in [0.3, 0.4) is 0 Å². The summed E-state index contributed by atoms with van der Waals surface area (Å²) in [5, 5.41) is 9.91. The Morgan fingerprint density at radius 1 is 1.05 bits per heavy atom. The molecule has 0 saturated heterocycles. The van der Waals surface area contributed by atoms with Crippen LogP contribution < -0.4 is 0 Å². The second-order valence-electron chi connectivity index (χ2n) is 3.92. The Balaban J connectivity index is 2.75. The fourth-order valence-corrected chi connectivity index (χ4v) is 2.79. The Morgan fingerprint density at radius 3 is 2.35 bits per heavy atom. The highest BCUT2D eigenvalue weighted by Crippen LogP contribution is 2.42. The van der Waals surface area contributed by atoms with Crippen LogP contribution in [0.4, 0.5) is 0 Å². The molecule has 1 aromatic heterocycles. The molecular formula is C13H7Cl4NO2. The van der Waals surface area contributed by atoms with E-state index in [4.69, 9.17) is 51.5 Å². The largest absolute Gasteiger partial charge is 0.481 e. The Hall–Kier alpha value is -1.000. The molecule has 0 fully saturated rings. The van der Waals surface area contributed by atoms with Crippen LogP contribution in [0.15, 0.2) is 24.4 Å². The second-order valence-corrected chi connectivity index (χ2v) is 5.47. The number of benzene rings is 1. The van der Waals surface area contributed by atoms with Crippen molar-refractivity contribution < 1.29 is 9.90 Å².